The third-order valence-electron chi connectivity index (χ3n) is 2.00. The fourth-order valence-electron chi connectivity index (χ4n) is 1.24. The first-order valence-corrected chi connectivity index (χ1v) is 4.66. The molecule has 66 valence electrons. The van der Waals surface area contributed by atoms with Crippen LogP contribution in [0.25, 0.3) is 10.9 Å². The Morgan fingerprint density at radius 3 is 2.62 bits per heavy atom. The van der Waals surface area contributed by atoms with Gasteiger partial charge in [0, 0.05) is 10.9 Å². The average Bonchev–Trinajstić information content (AvgIpc) is 2.15. The summed E-state index contributed by atoms with van der Waals surface area (Å²) in [7, 11) is 0. The predicted octanol–water partition coefficient (Wildman–Crippen LogP) is 3.85. The van der Waals surface area contributed by atoms with Crippen LogP contribution in [0.15, 0.2) is 24.3 Å². The molecule has 0 N–H and O–H groups in total. The second kappa shape index (κ2) is 3.17. The van der Waals surface area contributed by atoms with Gasteiger partial charge in [0.2, 0.25) is 0 Å². The Balaban J connectivity index is 2.94. The van der Waals surface area contributed by atoms with E-state index in [0.717, 1.165) is 16.5 Å². The van der Waals surface area contributed by atoms with Crippen molar-refractivity contribution >= 4 is 34.1 Å². The van der Waals surface area contributed by atoms with Crippen molar-refractivity contribution in [2.24, 2.45) is 0 Å². The van der Waals surface area contributed by atoms with Crippen LogP contribution < -0.4 is 0 Å². The smallest absolute Gasteiger partial charge is 0.134 e. The van der Waals surface area contributed by atoms with Gasteiger partial charge in [-0.15, -0.1) is 0 Å². The van der Waals surface area contributed by atoms with E-state index in [0.29, 0.717) is 10.2 Å². The number of hydrogen-bond acceptors (Lipinski definition) is 1. The molecule has 1 heterocycles. The highest BCUT2D eigenvalue weighted by atomic mass is 35.5. The molecule has 0 aliphatic carbocycles. The van der Waals surface area contributed by atoms with Crippen LogP contribution in [0.2, 0.25) is 10.2 Å². The molecule has 0 atom stereocenters. The van der Waals surface area contributed by atoms with Gasteiger partial charge in [-0.1, -0.05) is 41.4 Å². The quantitative estimate of drug-likeness (QED) is 0.604. The van der Waals surface area contributed by atoms with E-state index in [1.54, 1.807) is 0 Å². The van der Waals surface area contributed by atoms with E-state index >= 15 is 0 Å². The molecule has 1 aromatic heterocycles. The maximum Gasteiger partial charge on any atom is 0.134 e. The molecule has 2 aromatic rings. The van der Waals surface area contributed by atoms with Crippen LogP contribution in [-0.2, 0) is 0 Å². The lowest BCUT2D eigenvalue weighted by Gasteiger charge is -2.04. The number of pyridine rings is 1. The number of hydrogen-bond donors (Lipinski definition) is 0. The van der Waals surface area contributed by atoms with E-state index in [-0.39, 0.29) is 0 Å². The molecule has 0 fully saturated rings. The average molecular weight is 212 g/mol. The summed E-state index contributed by atoms with van der Waals surface area (Å²) in [5.41, 5.74) is 1.67. The summed E-state index contributed by atoms with van der Waals surface area (Å²) in [6.07, 6.45) is 0. The molecule has 3 heteroatoms. The lowest BCUT2D eigenvalue weighted by atomic mass is 10.2. The highest BCUT2D eigenvalue weighted by molar-refractivity contribution is 6.39. The SMILES string of the molecule is Cc1c(Cl)nc2ccccc2c1Cl. The summed E-state index contributed by atoms with van der Waals surface area (Å²) in [4.78, 5) is 4.22. The van der Waals surface area contributed by atoms with Crippen molar-refractivity contribution in [1.29, 1.82) is 0 Å². The lowest BCUT2D eigenvalue weighted by molar-refractivity contribution is 1.33. The highest BCUT2D eigenvalue weighted by Crippen LogP contribution is 2.29. The van der Waals surface area contributed by atoms with Gasteiger partial charge < -0.3 is 0 Å². The Morgan fingerprint density at radius 1 is 1.15 bits per heavy atom. The van der Waals surface area contributed by atoms with Crippen molar-refractivity contribution < 1.29 is 0 Å². The lowest BCUT2D eigenvalue weighted by Crippen LogP contribution is -1.86. The molecule has 0 amide bonds. The summed E-state index contributed by atoms with van der Waals surface area (Å²) in [6, 6.07) is 7.68. The Morgan fingerprint density at radius 2 is 1.85 bits per heavy atom. The maximum absolute atomic E-state index is 6.11. The molecular formula is C10H7Cl2N. The molecule has 2 rings (SSSR count). The van der Waals surface area contributed by atoms with Crippen molar-refractivity contribution in [3.8, 4) is 0 Å². The van der Waals surface area contributed by atoms with Gasteiger partial charge in [0.1, 0.15) is 5.15 Å². The molecule has 1 aromatic carbocycles. The number of halogens is 2. The van der Waals surface area contributed by atoms with Crippen LogP contribution in [0.4, 0.5) is 0 Å². The highest BCUT2D eigenvalue weighted by Gasteiger charge is 2.06. The van der Waals surface area contributed by atoms with Crippen molar-refractivity contribution in [3.05, 3.63) is 40.0 Å². The van der Waals surface area contributed by atoms with Crippen molar-refractivity contribution in [2.75, 3.05) is 0 Å². The molecule has 0 aliphatic rings. The molecule has 13 heavy (non-hydrogen) atoms. The number of nitrogens with zero attached hydrogens (tertiary/aromatic N) is 1. The number of para-hydroxylation sites is 1. The Bertz CT molecular complexity index is 466. The van der Waals surface area contributed by atoms with Crippen LogP contribution in [0, 0.1) is 6.92 Å². The van der Waals surface area contributed by atoms with Crippen LogP contribution in [0.1, 0.15) is 5.56 Å². The Labute approximate surface area is 86.3 Å². The van der Waals surface area contributed by atoms with Crippen molar-refractivity contribution in [3.63, 3.8) is 0 Å². The predicted molar refractivity (Wildman–Crippen MR) is 56.5 cm³/mol. The van der Waals surface area contributed by atoms with Gasteiger partial charge in [0.25, 0.3) is 0 Å². The van der Waals surface area contributed by atoms with Gasteiger partial charge in [-0.25, -0.2) is 4.98 Å². The van der Waals surface area contributed by atoms with Crippen molar-refractivity contribution in [1.82, 2.24) is 4.98 Å². The summed E-state index contributed by atoms with van der Waals surface area (Å²) in [5.74, 6) is 0. The summed E-state index contributed by atoms with van der Waals surface area (Å²) in [5, 5.41) is 2.12. The number of aromatic nitrogens is 1. The van der Waals surface area contributed by atoms with Gasteiger partial charge in [-0.2, -0.15) is 0 Å². The minimum Gasteiger partial charge on any atom is -0.236 e. The number of fused-ring (bicyclic) bond motifs is 1. The van der Waals surface area contributed by atoms with Gasteiger partial charge in [-0.05, 0) is 13.0 Å². The molecule has 0 radical (unpaired) electrons. The topological polar surface area (TPSA) is 12.9 Å². The fourth-order valence-corrected chi connectivity index (χ4v) is 1.72. The zero-order valence-electron chi connectivity index (χ0n) is 7.01. The molecule has 0 saturated carbocycles. The van der Waals surface area contributed by atoms with E-state index in [1.165, 1.54) is 0 Å². The summed E-state index contributed by atoms with van der Waals surface area (Å²) >= 11 is 12.0. The zero-order valence-corrected chi connectivity index (χ0v) is 8.52. The van der Waals surface area contributed by atoms with E-state index in [1.807, 2.05) is 31.2 Å². The van der Waals surface area contributed by atoms with E-state index in [2.05, 4.69) is 4.98 Å². The van der Waals surface area contributed by atoms with Gasteiger partial charge in [-0.3, -0.25) is 0 Å². The van der Waals surface area contributed by atoms with E-state index in [9.17, 15) is 0 Å². The maximum atomic E-state index is 6.11. The molecule has 0 saturated heterocycles. The zero-order chi connectivity index (χ0) is 9.42. The van der Waals surface area contributed by atoms with Gasteiger partial charge in [0.15, 0.2) is 0 Å². The van der Waals surface area contributed by atoms with Crippen LogP contribution >= 0.6 is 23.2 Å². The third kappa shape index (κ3) is 1.38. The van der Waals surface area contributed by atoms with E-state index < -0.39 is 0 Å². The first kappa shape index (κ1) is 8.79. The Hall–Kier alpha value is -0.790. The largest absolute Gasteiger partial charge is 0.236 e. The minimum atomic E-state index is 0.476. The Kier molecular flexibility index (Phi) is 2.14. The summed E-state index contributed by atoms with van der Waals surface area (Å²) in [6.45, 7) is 1.87. The van der Waals surface area contributed by atoms with Crippen molar-refractivity contribution in [2.45, 2.75) is 6.92 Å². The van der Waals surface area contributed by atoms with Gasteiger partial charge >= 0.3 is 0 Å². The minimum absolute atomic E-state index is 0.476. The molecule has 1 nitrogen and oxygen atoms in total. The number of benzene rings is 1. The molecule has 0 unspecified atom stereocenters. The van der Waals surface area contributed by atoms with Crippen LogP contribution in [0.5, 0.6) is 0 Å². The van der Waals surface area contributed by atoms with Gasteiger partial charge in [0.05, 0.1) is 10.5 Å². The second-order valence-electron chi connectivity index (χ2n) is 2.86. The standard InChI is InChI=1S/C10H7Cl2N/c1-6-9(11)7-4-2-3-5-8(7)13-10(6)12/h2-5H,1H3. The van der Waals surface area contributed by atoms with Crippen LogP contribution in [-0.4, -0.2) is 4.98 Å². The second-order valence-corrected chi connectivity index (χ2v) is 3.59. The molecular weight excluding hydrogens is 205 g/mol. The molecule has 0 aliphatic heterocycles. The first-order valence-electron chi connectivity index (χ1n) is 3.90. The normalized spacial score (nSPS) is 10.7. The molecule has 0 bridgehead atoms. The molecule has 0 spiro atoms. The fraction of sp³-hybridized carbons (Fsp3) is 0.100. The first-order chi connectivity index (χ1) is 6.20. The number of rotatable bonds is 0. The third-order valence-corrected chi connectivity index (χ3v) is 2.85. The monoisotopic (exact) mass is 211 g/mol. The summed E-state index contributed by atoms with van der Waals surface area (Å²) < 4.78 is 0. The van der Waals surface area contributed by atoms with E-state index in [4.69, 9.17) is 23.2 Å². The van der Waals surface area contributed by atoms with Crippen LogP contribution in [0.3, 0.4) is 0 Å².